The molecule has 6 heteroatoms. The second-order valence-electron chi connectivity index (χ2n) is 4.11. The topological polar surface area (TPSA) is 85.4 Å². The smallest absolute Gasteiger partial charge is 0.167 e. The van der Waals surface area contributed by atoms with Gasteiger partial charge in [-0.25, -0.2) is 4.98 Å². The maximum atomic E-state index is 5.96. The monoisotopic (exact) mass is 220 g/mol. The van der Waals surface area contributed by atoms with Crippen LogP contribution in [-0.2, 0) is 6.54 Å². The number of hydrogen-bond acceptors (Lipinski definition) is 4. The molecule has 0 bridgehead atoms. The maximum absolute atomic E-state index is 5.96. The Morgan fingerprint density at radius 2 is 2.31 bits per heavy atom. The van der Waals surface area contributed by atoms with Gasteiger partial charge in [0, 0.05) is 12.4 Å². The van der Waals surface area contributed by atoms with E-state index in [1.165, 1.54) is 0 Å². The lowest BCUT2D eigenvalue weighted by molar-refractivity contribution is 0.491. The number of hydrogen-bond donors (Lipinski definition) is 2. The van der Waals surface area contributed by atoms with E-state index >= 15 is 0 Å². The first-order chi connectivity index (χ1) is 7.66. The van der Waals surface area contributed by atoms with Crippen molar-refractivity contribution in [2.45, 2.75) is 26.4 Å². The van der Waals surface area contributed by atoms with E-state index in [1.54, 1.807) is 10.9 Å². The number of H-pyrrole nitrogens is 1. The summed E-state index contributed by atoms with van der Waals surface area (Å²) in [6.07, 6.45) is 3.61. The van der Waals surface area contributed by atoms with E-state index in [4.69, 9.17) is 5.73 Å². The van der Waals surface area contributed by atoms with E-state index in [2.05, 4.69) is 20.3 Å². The molecule has 0 radical (unpaired) electrons. The minimum absolute atomic E-state index is 0.123. The van der Waals surface area contributed by atoms with Crippen molar-refractivity contribution >= 4 is 0 Å². The van der Waals surface area contributed by atoms with Gasteiger partial charge in [0.05, 0.1) is 6.04 Å². The Morgan fingerprint density at radius 1 is 1.50 bits per heavy atom. The number of rotatable bonds is 4. The van der Waals surface area contributed by atoms with Gasteiger partial charge >= 0.3 is 0 Å². The minimum atomic E-state index is -0.123. The van der Waals surface area contributed by atoms with Gasteiger partial charge in [0.25, 0.3) is 0 Å². The zero-order valence-electron chi connectivity index (χ0n) is 9.46. The summed E-state index contributed by atoms with van der Waals surface area (Å²) in [5.41, 5.74) is 5.96. The van der Waals surface area contributed by atoms with Crippen molar-refractivity contribution in [3.8, 4) is 0 Å². The van der Waals surface area contributed by atoms with Crippen LogP contribution in [0.5, 0.6) is 0 Å². The Balaban J connectivity index is 2.08. The quantitative estimate of drug-likeness (QED) is 0.794. The normalized spacial score (nSPS) is 13.2. The Kier molecular flexibility index (Phi) is 3.00. The first kappa shape index (κ1) is 10.8. The number of nitrogens with zero attached hydrogens (tertiary/aromatic N) is 4. The summed E-state index contributed by atoms with van der Waals surface area (Å²) in [6, 6.07) is 1.75. The molecular weight excluding hydrogens is 204 g/mol. The molecule has 0 spiro atoms. The number of nitrogens with one attached hydrogen (secondary N) is 1. The molecule has 2 aromatic rings. The fourth-order valence-corrected chi connectivity index (χ4v) is 1.38. The summed E-state index contributed by atoms with van der Waals surface area (Å²) in [5.74, 6) is 1.76. The molecule has 1 unspecified atom stereocenters. The molecule has 16 heavy (non-hydrogen) atoms. The molecule has 0 aliphatic rings. The Morgan fingerprint density at radius 3 is 2.94 bits per heavy atom. The van der Waals surface area contributed by atoms with Crippen LogP contribution < -0.4 is 5.73 Å². The molecule has 0 fully saturated rings. The molecule has 6 nitrogen and oxygen atoms in total. The lowest BCUT2D eigenvalue weighted by atomic mass is 10.1. The molecular formula is C10H16N6. The predicted molar refractivity (Wildman–Crippen MR) is 59.5 cm³/mol. The SMILES string of the molecule is CC(C)C(N)c1n[nH]c(Cn2cccn2)n1. The molecule has 2 heterocycles. The standard InChI is InChI=1S/C10H16N6/c1-7(2)9(11)10-13-8(14-15-10)6-16-5-3-4-12-16/h3-5,7,9H,6,11H2,1-2H3,(H,13,14,15). The van der Waals surface area contributed by atoms with Gasteiger partial charge < -0.3 is 5.73 Å². The van der Waals surface area contributed by atoms with Crippen molar-refractivity contribution in [1.29, 1.82) is 0 Å². The summed E-state index contributed by atoms with van der Waals surface area (Å²) in [6.45, 7) is 4.69. The summed E-state index contributed by atoms with van der Waals surface area (Å²) in [7, 11) is 0. The van der Waals surface area contributed by atoms with Gasteiger partial charge in [0.2, 0.25) is 0 Å². The van der Waals surface area contributed by atoms with Crippen LogP contribution in [0.15, 0.2) is 18.5 Å². The first-order valence-electron chi connectivity index (χ1n) is 5.31. The Bertz CT molecular complexity index is 430. The van der Waals surface area contributed by atoms with E-state index in [0.29, 0.717) is 18.3 Å². The van der Waals surface area contributed by atoms with Crippen LogP contribution >= 0.6 is 0 Å². The molecule has 1 atom stereocenters. The van der Waals surface area contributed by atoms with Gasteiger partial charge in [0.15, 0.2) is 5.82 Å². The van der Waals surface area contributed by atoms with Crippen LogP contribution in [0.1, 0.15) is 31.5 Å². The molecule has 2 rings (SSSR count). The van der Waals surface area contributed by atoms with Gasteiger partial charge in [-0.1, -0.05) is 13.8 Å². The first-order valence-corrected chi connectivity index (χ1v) is 5.31. The van der Waals surface area contributed by atoms with E-state index < -0.39 is 0 Å². The highest BCUT2D eigenvalue weighted by molar-refractivity contribution is 4.97. The second-order valence-corrected chi connectivity index (χ2v) is 4.11. The van der Waals surface area contributed by atoms with Crippen molar-refractivity contribution in [3.63, 3.8) is 0 Å². The zero-order chi connectivity index (χ0) is 11.5. The number of aromatic amines is 1. The Labute approximate surface area is 93.9 Å². The number of nitrogens with two attached hydrogens (primary N) is 1. The van der Waals surface area contributed by atoms with Crippen molar-refractivity contribution in [3.05, 3.63) is 30.1 Å². The molecule has 3 N–H and O–H groups in total. The molecule has 0 saturated heterocycles. The van der Waals surface area contributed by atoms with Gasteiger partial charge in [-0.15, -0.1) is 0 Å². The van der Waals surface area contributed by atoms with Crippen molar-refractivity contribution in [2.75, 3.05) is 0 Å². The lowest BCUT2D eigenvalue weighted by Crippen LogP contribution is -2.18. The van der Waals surface area contributed by atoms with Crippen LogP contribution in [0.25, 0.3) is 0 Å². The van der Waals surface area contributed by atoms with Crippen LogP contribution in [0.2, 0.25) is 0 Å². The highest BCUT2D eigenvalue weighted by Gasteiger charge is 2.15. The van der Waals surface area contributed by atoms with Crippen LogP contribution in [-0.4, -0.2) is 25.0 Å². The third-order valence-corrected chi connectivity index (χ3v) is 2.44. The van der Waals surface area contributed by atoms with Gasteiger partial charge in [-0.3, -0.25) is 9.78 Å². The fourth-order valence-electron chi connectivity index (χ4n) is 1.38. The fraction of sp³-hybridized carbons (Fsp3) is 0.500. The molecule has 86 valence electrons. The summed E-state index contributed by atoms with van der Waals surface area (Å²) >= 11 is 0. The average Bonchev–Trinajstić information content (AvgIpc) is 2.88. The van der Waals surface area contributed by atoms with Gasteiger partial charge in [0.1, 0.15) is 12.4 Å². The van der Waals surface area contributed by atoms with E-state index in [9.17, 15) is 0 Å². The molecule has 0 amide bonds. The minimum Gasteiger partial charge on any atom is -0.321 e. The van der Waals surface area contributed by atoms with Crippen molar-refractivity contribution < 1.29 is 0 Å². The van der Waals surface area contributed by atoms with Crippen LogP contribution in [0.3, 0.4) is 0 Å². The summed E-state index contributed by atoms with van der Waals surface area (Å²) in [5, 5.41) is 11.1. The van der Waals surface area contributed by atoms with Gasteiger partial charge in [-0.05, 0) is 12.0 Å². The van der Waals surface area contributed by atoms with Crippen LogP contribution in [0.4, 0.5) is 0 Å². The third kappa shape index (κ3) is 2.27. The second kappa shape index (κ2) is 4.44. The largest absolute Gasteiger partial charge is 0.321 e. The molecule has 0 saturated carbocycles. The van der Waals surface area contributed by atoms with E-state index in [-0.39, 0.29) is 6.04 Å². The maximum Gasteiger partial charge on any atom is 0.167 e. The predicted octanol–water partition coefficient (Wildman–Crippen LogP) is 0.705. The molecule has 0 aliphatic heterocycles. The zero-order valence-corrected chi connectivity index (χ0v) is 9.46. The Hall–Kier alpha value is -1.69. The molecule has 0 aromatic carbocycles. The molecule has 0 aliphatic carbocycles. The summed E-state index contributed by atoms with van der Waals surface area (Å²) in [4.78, 5) is 4.35. The van der Waals surface area contributed by atoms with Crippen molar-refractivity contribution in [2.24, 2.45) is 11.7 Å². The van der Waals surface area contributed by atoms with Gasteiger partial charge in [-0.2, -0.15) is 10.2 Å². The highest BCUT2D eigenvalue weighted by Crippen LogP contribution is 2.14. The molecule has 2 aromatic heterocycles. The number of aromatic nitrogens is 5. The average molecular weight is 220 g/mol. The van der Waals surface area contributed by atoms with E-state index in [1.807, 2.05) is 26.1 Å². The van der Waals surface area contributed by atoms with Crippen molar-refractivity contribution in [1.82, 2.24) is 25.0 Å². The van der Waals surface area contributed by atoms with E-state index in [0.717, 1.165) is 5.82 Å². The highest BCUT2D eigenvalue weighted by atomic mass is 15.3. The summed E-state index contributed by atoms with van der Waals surface area (Å²) < 4.78 is 1.78. The lowest BCUT2D eigenvalue weighted by Gasteiger charge is -2.10. The third-order valence-electron chi connectivity index (χ3n) is 2.44. The van der Waals surface area contributed by atoms with Crippen LogP contribution in [0, 0.1) is 5.92 Å².